The summed E-state index contributed by atoms with van der Waals surface area (Å²) >= 11 is 2.91. The number of hydrogen-bond acceptors (Lipinski definition) is 5. The van der Waals surface area contributed by atoms with Crippen molar-refractivity contribution in [2.45, 2.75) is 26.2 Å². The van der Waals surface area contributed by atoms with Gasteiger partial charge in [-0.05, 0) is 18.4 Å². The first-order valence-electron chi connectivity index (χ1n) is 5.89. The maximum atomic E-state index is 11.0. The highest BCUT2D eigenvalue weighted by Gasteiger charge is 2.22. The summed E-state index contributed by atoms with van der Waals surface area (Å²) in [7, 11) is 0. The van der Waals surface area contributed by atoms with Crippen LogP contribution in [0.25, 0.3) is 0 Å². The molecule has 0 fully saturated rings. The first-order valence-corrected chi connectivity index (χ1v) is 7.58. The molecule has 2 rings (SSSR count). The lowest BCUT2D eigenvalue weighted by molar-refractivity contribution is 0.0701. The van der Waals surface area contributed by atoms with Gasteiger partial charge in [0.1, 0.15) is 4.88 Å². The third-order valence-electron chi connectivity index (χ3n) is 2.86. The number of carboxylic acids is 1. The van der Waals surface area contributed by atoms with E-state index in [9.17, 15) is 4.79 Å². The Morgan fingerprint density at radius 2 is 2.26 bits per heavy atom. The van der Waals surface area contributed by atoms with Gasteiger partial charge in [0.05, 0.1) is 5.69 Å². The number of aromatic carboxylic acids is 1. The highest BCUT2D eigenvalue weighted by molar-refractivity contribution is 7.17. The second-order valence-electron chi connectivity index (χ2n) is 4.95. The summed E-state index contributed by atoms with van der Waals surface area (Å²) in [6, 6.07) is 4.15. The van der Waals surface area contributed by atoms with Gasteiger partial charge < -0.3 is 10.4 Å². The second kappa shape index (κ2) is 5.30. The van der Waals surface area contributed by atoms with Crippen molar-refractivity contribution in [3.63, 3.8) is 0 Å². The molecule has 0 aliphatic heterocycles. The Labute approximate surface area is 120 Å². The number of carboxylic acid groups (broad SMARTS) is 1. The third kappa shape index (κ3) is 3.13. The number of thiazole rings is 1. The molecule has 0 aliphatic rings. The molecule has 0 spiro atoms. The first-order chi connectivity index (χ1) is 8.90. The Kier molecular flexibility index (Phi) is 3.91. The Hall–Kier alpha value is -1.40. The average Bonchev–Trinajstić information content (AvgIpc) is 2.95. The number of aromatic nitrogens is 1. The van der Waals surface area contributed by atoms with Crippen LogP contribution in [0.3, 0.4) is 0 Å². The zero-order valence-corrected chi connectivity index (χ0v) is 12.7. The van der Waals surface area contributed by atoms with E-state index in [0.29, 0.717) is 15.7 Å². The summed E-state index contributed by atoms with van der Waals surface area (Å²) < 4.78 is 0. The van der Waals surface area contributed by atoms with E-state index in [1.54, 1.807) is 18.3 Å². The van der Waals surface area contributed by atoms with Gasteiger partial charge in [0.15, 0.2) is 5.13 Å². The molecule has 0 unspecified atom stereocenters. The van der Waals surface area contributed by atoms with E-state index in [1.807, 2.05) is 6.07 Å². The van der Waals surface area contributed by atoms with Crippen LogP contribution in [0.15, 0.2) is 17.5 Å². The molecule has 2 aromatic heterocycles. The van der Waals surface area contributed by atoms with Crippen molar-refractivity contribution < 1.29 is 9.90 Å². The summed E-state index contributed by atoms with van der Waals surface area (Å²) in [6.45, 7) is 6.75. The molecule has 0 saturated carbocycles. The molecular formula is C13H16N2O2S2. The average molecular weight is 296 g/mol. The standard InChI is InChI=1S/C13H16N2O2S2/c1-8-10(11(16)17)19-12(15-8)14-7-13(2,3)9-5-4-6-18-9/h4-6H,7H2,1-3H3,(H,14,15)(H,16,17). The topological polar surface area (TPSA) is 62.2 Å². The molecule has 0 aliphatic carbocycles. The lowest BCUT2D eigenvalue weighted by Gasteiger charge is -2.23. The molecule has 102 valence electrons. The number of rotatable bonds is 5. The normalized spacial score (nSPS) is 11.5. The van der Waals surface area contributed by atoms with Crippen LogP contribution in [0.4, 0.5) is 5.13 Å². The molecular weight excluding hydrogens is 280 g/mol. The minimum atomic E-state index is -0.916. The van der Waals surface area contributed by atoms with Gasteiger partial charge >= 0.3 is 5.97 Å². The lowest BCUT2D eigenvalue weighted by atomic mass is 9.91. The SMILES string of the molecule is Cc1nc(NCC(C)(C)c2cccs2)sc1C(=O)O. The van der Waals surface area contributed by atoms with Crippen molar-refractivity contribution in [2.24, 2.45) is 0 Å². The number of anilines is 1. The van der Waals surface area contributed by atoms with Gasteiger partial charge in [0.25, 0.3) is 0 Å². The molecule has 0 radical (unpaired) electrons. The Bertz CT molecular complexity index is 573. The van der Waals surface area contributed by atoms with Crippen LogP contribution in [-0.2, 0) is 5.41 Å². The molecule has 6 heteroatoms. The van der Waals surface area contributed by atoms with E-state index in [4.69, 9.17) is 5.11 Å². The van der Waals surface area contributed by atoms with Crippen molar-refractivity contribution in [2.75, 3.05) is 11.9 Å². The van der Waals surface area contributed by atoms with Gasteiger partial charge in [-0.3, -0.25) is 0 Å². The molecule has 0 saturated heterocycles. The molecule has 0 aromatic carbocycles. The van der Waals surface area contributed by atoms with Crippen molar-refractivity contribution in [1.82, 2.24) is 4.98 Å². The number of thiophene rings is 1. The van der Waals surface area contributed by atoms with E-state index in [-0.39, 0.29) is 5.41 Å². The maximum Gasteiger partial charge on any atom is 0.347 e. The fraction of sp³-hybridized carbons (Fsp3) is 0.385. The maximum absolute atomic E-state index is 11.0. The summed E-state index contributed by atoms with van der Waals surface area (Å²) in [5.41, 5.74) is 0.561. The molecule has 2 aromatic rings. The zero-order valence-electron chi connectivity index (χ0n) is 11.1. The third-order valence-corrected chi connectivity index (χ3v) is 5.20. The van der Waals surface area contributed by atoms with E-state index < -0.39 is 5.97 Å². The van der Waals surface area contributed by atoms with Crippen molar-refractivity contribution in [3.8, 4) is 0 Å². The summed E-state index contributed by atoms with van der Waals surface area (Å²) in [5.74, 6) is -0.916. The number of hydrogen-bond donors (Lipinski definition) is 2. The van der Waals surface area contributed by atoms with Crippen LogP contribution in [0.1, 0.15) is 34.1 Å². The number of nitrogens with one attached hydrogen (secondary N) is 1. The summed E-state index contributed by atoms with van der Waals surface area (Å²) in [5, 5.41) is 15.0. The molecule has 0 amide bonds. The zero-order chi connectivity index (χ0) is 14.0. The highest BCUT2D eigenvalue weighted by Crippen LogP contribution is 2.29. The predicted molar refractivity (Wildman–Crippen MR) is 79.6 cm³/mol. The van der Waals surface area contributed by atoms with Crippen molar-refractivity contribution in [1.29, 1.82) is 0 Å². The van der Waals surface area contributed by atoms with E-state index in [0.717, 1.165) is 6.54 Å². The molecule has 0 bridgehead atoms. The fourth-order valence-corrected chi connectivity index (χ4v) is 3.37. The Morgan fingerprint density at radius 3 is 2.79 bits per heavy atom. The van der Waals surface area contributed by atoms with Gasteiger partial charge in [-0.25, -0.2) is 9.78 Å². The quantitative estimate of drug-likeness (QED) is 0.885. The van der Waals surface area contributed by atoms with Crippen molar-refractivity contribution in [3.05, 3.63) is 33.0 Å². The largest absolute Gasteiger partial charge is 0.477 e. The molecule has 2 N–H and O–H groups in total. The van der Waals surface area contributed by atoms with Crippen LogP contribution in [-0.4, -0.2) is 22.6 Å². The van der Waals surface area contributed by atoms with Crippen LogP contribution < -0.4 is 5.32 Å². The fourth-order valence-electron chi connectivity index (χ4n) is 1.72. The molecule has 0 atom stereocenters. The number of nitrogens with zero attached hydrogens (tertiary/aromatic N) is 1. The summed E-state index contributed by atoms with van der Waals surface area (Å²) in [4.78, 5) is 16.8. The van der Waals surface area contributed by atoms with Gasteiger partial charge in [0, 0.05) is 16.8 Å². The van der Waals surface area contributed by atoms with E-state index >= 15 is 0 Å². The minimum absolute atomic E-state index is 0.00285. The van der Waals surface area contributed by atoms with Crippen LogP contribution >= 0.6 is 22.7 Å². The molecule has 4 nitrogen and oxygen atoms in total. The Morgan fingerprint density at radius 1 is 1.53 bits per heavy atom. The molecule has 2 heterocycles. The smallest absolute Gasteiger partial charge is 0.347 e. The van der Waals surface area contributed by atoms with E-state index in [1.165, 1.54) is 16.2 Å². The van der Waals surface area contributed by atoms with Crippen LogP contribution in [0.5, 0.6) is 0 Å². The number of carbonyl (C=O) groups is 1. The second-order valence-corrected chi connectivity index (χ2v) is 6.90. The minimum Gasteiger partial charge on any atom is -0.477 e. The van der Waals surface area contributed by atoms with Crippen LogP contribution in [0.2, 0.25) is 0 Å². The van der Waals surface area contributed by atoms with Crippen molar-refractivity contribution >= 4 is 33.8 Å². The van der Waals surface area contributed by atoms with Gasteiger partial charge in [-0.2, -0.15) is 0 Å². The van der Waals surface area contributed by atoms with E-state index in [2.05, 4.69) is 35.6 Å². The van der Waals surface area contributed by atoms with Gasteiger partial charge in [0.2, 0.25) is 0 Å². The monoisotopic (exact) mass is 296 g/mol. The lowest BCUT2D eigenvalue weighted by Crippen LogP contribution is -2.26. The first kappa shape index (κ1) is 14.0. The predicted octanol–water partition coefficient (Wildman–Crippen LogP) is 3.60. The van der Waals surface area contributed by atoms with Crippen LogP contribution in [0, 0.1) is 6.92 Å². The number of aryl methyl sites for hydroxylation is 1. The van der Waals surface area contributed by atoms with Gasteiger partial charge in [-0.15, -0.1) is 11.3 Å². The summed E-state index contributed by atoms with van der Waals surface area (Å²) in [6.07, 6.45) is 0. The van der Waals surface area contributed by atoms with Gasteiger partial charge in [-0.1, -0.05) is 31.3 Å². The Balaban J connectivity index is 2.07. The molecule has 19 heavy (non-hydrogen) atoms. The highest BCUT2D eigenvalue weighted by atomic mass is 32.1.